The molecule has 0 aliphatic carbocycles. The van der Waals surface area contributed by atoms with Crippen LogP contribution in [0.1, 0.15) is 40.1 Å². The summed E-state index contributed by atoms with van der Waals surface area (Å²) in [5.74, 6) is 0.0149. The van der Waals surface area contributed by atoms with Gasteiger partial charge in [0.2, 0.25) is 5.91 Å². The Morgan fingerprint density at radius 2 is 1.64 bits per heavy atom. The van der Waals surface area contributed by atoms with Gasteiger partial charge in [-0.25, -0.2) is 0 Å². The Kier molecular flexibility index (Phi) is 5.99. The number of fused-ring (bicyclic) bond motifs is 1. The van der Waals surface area contributed by atoms with Gasteiger partial charge in [-0.1, -0.05) is 15.9 Å². The van der Waals surface area contributed by atoms with Crippen molar-refractivity contribution in [3.63, 3.8) is 0 Å². The fourth-order valence-corrected chi connectivity index (χ4v) is 3.34. The maximum absolute atomic E-state index is 12.5. The summed E-state index contributed by atoms with van der Waals surface area (Å²) in [6.45, 7) is 4.73. The lowest BCUT2D eigenvalue weighted by Crippen LogP contribution is -2.19. The van der Waals surface area contributed by atoms with Crippen molar-refractivity contribution in [2.75, 3.05) is 18.5 Å². The van der Waals surface area contributed by atoms with Gasteiger partial charge in [0.15, 0.2) is 11.5 Å². The Hall–Kier alpha value is -2.87. The third-order valence-corrected chi connectivity index (χ3v) is 4.82. The molecule has 2 aromatic rings. The van der Waals surface area contributed by atoms with E-state index in [4.69, 9.17) is 9.47 Å². The minimum absolute atomic E-state index is 0.0925. The van der Waals surface area contributed by atoms with E-state index >= 15 is 0 Å². The molecule has 0 spiro atoms. The van der Waals surface area contributed by atoms with Crippen molar-refractivity contribution in [2.24, 2.45) is 0 Å². The van der Waals surface area contributed by atoms with E-state index in [0.29, 0.717) is 36.0 Å². The predicted octanol–water partition coefficient (Wildman–Crippen LogP) is 3.31. The first-order valence-corrected chi connectivity index (χ1v) is 9.59. The average molecular weight is 447 g/mol. The van der Waals surface area contributed by atoms with E-state index in [9.17, 15) is 14.4 Å². The van der Waals surface area contributed by atoms with E-state index in [1.165, 1.54) is 12.1 Å². The van der Waals surface area contributed by atoms with Crippen LogP contribution in [0.4, 0.5) is 5.69 Å². The maximum Gasteiger partial charge on any atom is 0.259 e. The summed E-state index contributed by atoms with van der Waals surface area (Å²) in [6, 6.07) is 8.15. The van der Waals surface area contributed by atoms with E-state index in [-0.39, 0.29) is 17.9 Å². The van der Waals surface area contributed by atoms with Gasteiger partial charge in [0.25, 0.3) is 11.8 Å². The van der Waals surface area contributed by atoms with Crippen LogP contribution < -0.4 is 20.1 Å². The fraction of sp³-hybridized carbons (Fsp3) is 0.250. The highest BCUT2D eigenvalue weighted by Crippen LogP contribution is 2.34. The van der Waals surface area contributed by atoms with Crippen LogP contribution >= 0.6 is 15.9 Å². The summed E-state index contributed by atoms with van der Waals surface area (Å²) in [5.41, 5.74) is 1.74. The number of hydrogen-bond acceptors (Lipinski definition) is 5. The molecule has 0 radical (unpaired) electrons. The van der Waals surface area contributed by atoms with Gasteiger partial charge in [0, 0.05) is 10.2 Å². The van der Waals surface area contributed by atoms with Crippen LogP contribution in [0.25, 0.3) is 0 Å². The third kappa shape index (κ3) is 4.17. The van der Waals surface area contributed by atoms with Crippen molar-refractivity contribution < 1.29 is 23.9 Å². The number of amides is 3. The molecule has 0 fully saturated rings. The molecule has 0 unspecified atom stereocenters. The summed E-state index contributed by atoms with van der Waals surface area (Å²) in [6.07, 6.45) is 0.0925. The highest BCUT2D eigenvalue weighted by Gasteiger charge is 2.26. The lowest BCUT2D eigenvalue weighted by atomic mass is 10.1. The van der Waals surface area contributed by atoms with Crippen molar-refractivity contribution >= 4 is 39.3 Å². The number of nitrogens with one attached hydrogen (secondary N) is 2. The maximum atomic E-state index is 12.5. The Labute approximate surface area is 170 Å². The second-order valence-electron chi connectivity index (χ2n) is 6.02. The monoisotopic (exact) mass is 446 g/mol. The van der Waals surface area contributed by atoms with E-state index in [0.717, 1.165) is 10.0 Å². The molecule has 0 saturated carbocycles. The first kappa shape index (κ1) is 19.9. The molecule has 3 rings (SSSR count). The highest BCUT2D eigenvalue weighted by atomic mass is 79.9. The summed E-state index contributed by atoms with van der Waals surface area (Å²) in [7, 11) is 0. The lowest BCUT2D eigenvalue weighted by Gasteiger charge is -2.14. The number of carbonyl (C=O) groups is 3. The van der Waals surface area contributed by atoms with Crippen molar-refractivity contribution in [1.29, 1.82) is 0 Å². The number of hydrogen-bond donors (Lipinski definition) is 2. The first-order valence-electron chi connectivity index (χ1n) is 8.80. The van der Waals surface area contributed by atoms with Crippen LogP contribution in [0.3, 0.4) is 0 Å². The van der Waals surface area contributed by atoms with Gasteiger partial charge in [-0.15, -0.1) is 0 Å². The molecule has 2 N–H and O–H groups in total. The van der Waals surface area contributed by atoms with Crippen molar-refractivity contribution in [1.82, 2.24) is 5.32 Å². The molecule has 1 heterocycles. The zero-order valence-electron chi connectivity index (χ0n) is 15.4. The SMILES string of the molecule is CCOc1cc(Br)c(CC(=O)Nc2ccc3c(c2)C(=O)NC3=O)cc1OCC. The fourth-order valence-electron chi connectivity index (χ4n) is 2.87. The quantitative estimate of drug-likeness (QED) is 0.636. The van der Waals surface area contributed by atoms with Crippen LogP contribution in [0.15, 0.2) is 34.8 Å². The van der Waals surface area contributed by atoms with E-state index < -0.39 is 11.8 Å². The van der Waals surface area contributed by atoms with Gasteiger partial charge < -0.3 is 14.8 Å². The van der Waals surface area contributed by atoms with Crippen LogP contribution in [0.2, 0.25) is 0 Å². The second kappa shape index (κ2) is 8.43. The normalized spacial score (nSPS) is 12.4. The van der Waals surface area contributed by atoms with Gasteiger partial charge in [-0.2, -0.15) is 0 Å². The predicted molar refractivity (Wildman–Crippen MR) is 107 cm³/mol. The number of anilines is 1. The van der Waals surface area contributed by atoms with Crippen LogP contribution in [-0.4, -0.2) is 30.9 Å². The van der Waals surface area contributed by atoms with Gasteiger partial charge in [0.1, 0.15) is 0 Å². The lowest BCUT2D eigenvalue weighted by molar-refractivity contribution is -0.115. The Morgan fingerprint density at radius 3 is 2.32 bits per heavy atom. The highest BCUT2D eigenvalue weighted by molar-refractivity contribution is 9.10. The summed E-state index contributed by atoms with van der Waals surface area (Å²) < 4.78 is 11.9. The van der Waals surface area contributed by atoms with E-state index in [2.05, 4.69) is 26.6 Å². The van der Waals surface area contributed by atoms with E-state index in [1.807, 2.05) is 13.8 Å². The van der Waals surface area contributed by atoms with Crippen LogP contribution in [-0.2, 0) is 11.2 Å². The first-order chi connectivity index (χ1) is 13.4. The minimum Gasteiger partial charge on any atom is -0.490 e. The van der Waals surface area contributed by atoms with Gasteiger partial charge in [-0.3, -0.25) is 19.7 Å². The number of ether oxygens (including phenoxy) is 2. The van der Waals surface area contributed by atoms with Gasteiger partial charge >= 0.3 is 0 Å². The molecule has 146 valence electrons. The standard InChI is InChI=1S/C20H19BrN2O5/c1-3-27-16-7-11(15(21)10-17(16)28-4-2)8-18(24)22-12-5-6-13-14(9-12)20(26)23-19(13)25/h5-7,9-10H,3-4,8H2,1-2H3,(H,22,24)(H,23,25,26). The molecule has 28 heavy (non-hydrogen) atoms. The number of imide groups is 1. The molecule has 0 bridgehead atoms. The smallest absolute Gasteiger partial charge is 0.259 e. The zero-order valence-corrected chi connectivity index (χ0v) is 17.0. The Bertz CT molecular complexity index is 958. The number of rotatable bonds is 7. The molecular weight excluding hydrogens is 428 g/mol. The van der Waals surface area contributed by atoms with Crippen molar-refractivity contribution in [3.05, 3.63) is 51.5 Å². The molecule has 3 amide bonds. The van der Waals surface area contributed by atoms with Crippen molar-refractivity contribution in [3.8, 4) is 11.5 Å². The molecule has 8 heteroatoms. The zero-order chi connectivity index (χ0) is 20.3. The van der Waals surface area contributed by atoms with Gasteiger partial charge in [-0.05, 0) is 49.7 Å². The topological polar surface area (TPSA) is 93.7 Å². The van der Waals surface area contributed by atoms with Crippen LogP contribution in [0, 0.1) is 0 Å². The molecule has 0 atom stereocenters. The summed E-state index contributed by atoms with van der Waals surface area (Å²) in [4.78, 5) is 35.8. The summed E-state index contributed by atoms with van der Waals surface area (Å²) >= 11 is 3.47. The van der Waals surface area contributed by atoms with Crippen LogP contribution in [0.5, 0.6) is 11.5 Å². The molecule has 2 aromatic carbocycles. The Morgan fingerprint density at radius 1 is 1.00 bits per heavy atom. The number of carbonyl (C=O) groups excluding carboxylic acids is 3. The van der Waals surface area contributed by atoms with Gasteiger partial charge in [0.05, 0.1) is 30.8 Å². The average Bonchev–Trinajstić information content (AvgIpc) is 2.93. The Balaban J connectivity index is 1.76. The third-order valence-electron chi connectivity index (χ3n) is 4.08. The van der Waals surface area contributed by atoms with E-state index in [1.54, 1.807) is 18.2 Å². The molecule has 1 aliphatic heterocycles. The molecule has 1 aliphatic rings. The second-order valence-corrected chi connectivity index (χ2v) is 6.88. The minimum atomic E-state index is -0.466. The molecule has 7 nitrogen and oxygen atoms in total. The molecular formula is C20H19BrN2O5. The van der Waals surface area contributed by atoms with Crippen molar-refractivity contribution in [2.45, 2.75) is 20.3 Å². The largest absolute Gasteiger partial charge is 0.490 e. The molecule has 0 saturated heterocycles. The molecule has 0 aromatic heterocycles. The number of benzene rings is 2. The number of halogens is 1. The summed E-state index contributed by atoms with van der Waals surface area (Å²) in [5, 5.41) is 4.97.